The first-order chi connectivity index (χ1) is 8.13. The molecule has 17 heavy (non-hydrogen) atoms. The highest BCUT2D eigenvalue weighted by atomic mass is 127. The lowest BCUT2D eigenvalue weighted by Crippen LogP contribution is -2.24. The Morgan fingerprint density at radius 2 is 1.76 bits per heavy atom. The molecule has 0 saturated carbocycles. The van der Waals surface area contributed by atoms with Gasteiger partial charge in [-0.1, -0.05) is 60.9 Å². The highest BCUT2D eigenvalue weighted by molar-refractivity contribution is 14.1. The minimum Gasteiger partial charge on any atom is -0.352 e. The van der Waals surface area contributed by atoms with Crippen molar-refractivity contribution in [1.82, 2.24) is 5.32 Å². The van der Waals surface area contributed by atoms with E-state index in [-0.39, 0.29) is 5.91 Å². The molecule has 0 bridgehead atoms. The smallest absolute Gasteiger partial charge is 0.251 e. The molecule has 1 amide bonds. The molecule has 0 aliphatic carbocycles. The van der Waals surface area contributed by atoms with Crippen molar-refractivity contribution in [2.45, 2.75) is 19.3 Å². The third kappa shape index (κ3) is 6.20. The number of hydrogen-bond acceptors (Lipinski definition) is 1. The fourth-order valence-electron chi connectivity index (χ4n) is 1.39. The third-order valence-corrected chi connectivity index (χ3v) is 3.90. The van der Waals surface area contributed by atoms with Gasteiger partial charge in [0, 0.05) is 21.1 Å². The van der Waals surface area contributed by atoms with Crippen LogP contribution in [0, 0.1) is 0 Å². The summed E-state index contributed by atoms with van der Waals surface area (Å²) in [5.74, 6) is -0.0125. The standard InChI is InChI=1S/C12H14Br2INO/c13-10-6-9(7-11(14)8-10)12(17)16-5-3-1-2-4-15/h6-8H,1-5H2,(H,16,17). The van der Waals surface area contributed by atoms with Gasteiger partial charge in [0.05, 0.1) is 0 Å². The quantitative estimate of drug-likeness (QED) is 0.366. The molecule has 0 saturated heterocycles. The fraction of sp³-hybridized carbons (Fsp3) is 0.417. The van der Waals surface area contributed by atoms with Gasteiger partial charge in [0.15, 0.2) is 0 Å². The van der Waals surface area contributed by atoms with Crippen molar-refractivity contribution < 1.29 is 4.79 Å². The number of hydrogen-bond donors (Lipinski definition) is 1. The van der Waals surface area contributed by atoms with Crippen molar-refractivity contribution in [3.05, 3.63) is 32.7 Å². The van der Waals surface area contributed by atoms with E-state index in [2.05, 4.69) is 59.8 Å². The van der Waals surface area contributed by atoms with Crippen LogP contribution in [0.1, 0.15) is 29.6 Å². The summed E-state index contributed by atoms with van der Waals surface area (Å²) in [6.07, 6.45) is 3.44. The van der Waals surface area contributed by atoms with Gasteiger partial charge in [0.25, 0.3) is 5.91 Å². The number of nitrogens with one attached hydrogen (secondary N) is 1. The molecule has 0 unspecified atom stereocenters. The molecular formula is C12H14Br2INO. The Bertz CT molecular complexity index is 365. The summed E-state index contributed by atoms with van der Waals surface area (Å²) in [5, 5.41) is 2.93. The molecule has 0 aliphatic rings. The maximum Gasteiger partial charge on any atom is 0.251 e. The van der Waals surface area contributed by atoms with Crippen LogP contribution in [0.4, 0.5) is 0 Å². The summed E-state index contributed by atoms with van der Waals surface area (Å²) in [4.78, 5) is 11.8. The summed E-state index contributed by atoms with van der Waals surface area (Å²) in [5.41, 5.74) is 0.681. The van der Waals surface area contributed by atoms with Crippen LogP contribution >= 0.6 is 54.5 Å². The lowest BCUT2D eigenvalue weighted by molar-refractivity contribution is 0.0953. The molecule has 5 heteroatoms. The van der Waals surface area contributed by atoms with E-state index < -0.39 is 0 Å². The first-order valence-corrected chi connectivity index (χ1v) is 8.55. The lowest BCUT2D eigenvalue weighted by atomic mass is 10.2. The average Bonchev–Trinajstić information content (AvgIpc) is 2.27. The van der Waals surface area contributed by atoms with E-state index in [0.717, 1.165) is 21.9 Å². The molecule has 0 aromatic heterocycles. The Labute approximate surface area is 132 Å². The van der Waals surface area contributed by atoms with Crippen LogP contribution < -0.4 is 5.32 Å². The molecular weight excluding hydrogens is 461 g/mol. The van der Waals surface area contributed by atoms with Crippen LogP contribution in [0.25, 0.3) is 0 Å². The monoisotopic (exact) mass is 473 g/mol. The normalized spacial score (nSPS) is 10.3. The number of carbonyl (C=O) groups excluding carboxylic acids is 1. The summed E-state index contributed by atoms with van der Waals surface area (Å²) in [6.45, 7) is 0.750. The zero-order chi connectivity index (χ0) is 12.7. The molecule has 0 heterocycles. The fourth-order valence-corrected chi connectivity index (χ4v) is 3.22. The zero-order valence-electron chi connectivity index (χ0n) is 9.31. The first kappa shape index (κ1) is 15.4. The molecule has 0 spiro atoms. The second-order valence-electron chi connectivity index (χ2n) is 3.66. The highest BCUT2D eigenvalue weighted by Gasteiger charge is 2.06. The van der Waals surface area contributed by atoms with Gasteiger partial charge in [-0.3, -0.25) is 4.79 Å². The topological polar surface area (TPSA) is 29.1 Å². The van der Waals surface area contributed by atoms with E-state index in [1.165, 1.54) is 17.3 Å². The van der Waals surface area contributed by atoms with E-state index in [0.29, 0.717) is 5.56 Å². The second kappa shape index (κ2) is 8.48. The minimum atomic E-state index is -0.0125. The van der Waals surface area contributed by atoms with Crippen molar-refractivity contribution in [2.24, 2.45) is 0 Å². The van der Waals surface area contributed by atoms with Crippen LogP contribution in [-0.4, -0.2) is 16.9 Å². The Balaban J connectivity index is 2.41. The molecule has 1 rings (SSSR count). The number of alkyl halides is 1. The summed E-state index contributed by atoms with van der Waals surface area (Å²) >= 11 is 9.12. The summed E-state index contributed by atoms with van der Waals surface area (Å²) in [6, 6.07) is 5.56. The molecule has 1 aromatic rings. The number of unbranched alkanes of at least 4 members (excludes halogenated alkanes) is 2. The number of rotatable bonds is 6. The van der Waals surface area contributed by atoms with Gasteiger partial charge in [-0.05, 0) is 35.5 Å². The van der Waals surface area contributed by atoms with E-state index >= 15 is 0 Å². The van der Waals surface area contributed by atoms with Crippen molar-refractivity contribution in [3.63, 3.8) is 0 Å². The largest absolute Gasteiger partial charge is 0.352 e. The number of benzene rings is 1. The Kier molecular flexibility index (Phi) is 7.70. The molecule has 0 radical (unpaired) electrons. The van der Waals surface area contributed by atoms with Crippen LogP contribution in [0.15, 0.2) is 27.1 Å². The number of carbonyl (C=O) groups is 1. The van der Waals surface area contributed by atoms with Gasteiger partial charge in [-0.15, -0.1) is 0 Å². The summed E-state index contributed by atoms with van der Waals surface area (Å²) in [7, 11) is 0. The molecule has 0 fully saturated rings. The van der Waals surface area contributed by atoms with Crippen LogP contribution in [0.3, 0.4) is 0 Å². The van der Waals surface area contributed by atoms with Gasteiger partial charge in [-0.25, -0.2) is 0 Å². The number of amides is 1. The van der Waals surface area contributed by atoms with Gasteiger partial charge in [-0.2, -0.15) is 0 Å². The Hall–Kier alpha value is 0.380. The molecule has 0 atom stereocenters. The van der Waals surface area contributed by atoms with E-state index in [1.807, 2.05) is 18.2 Å². The van der Waals surface area contributed by atoms with Gasteiger partial charge >= 0.3 is 0 Å². The van der Waals surface area contributed by atoms with E-state index in [1.54, 1.807) is 0 Å². The van der Waals surface area contributed by atoms with E-state index in [9.17, 15) is 4.79 Å². The highest BCUT2D eigenvalue weighted by Crippen LogP contribution is 2.19. The van der Waals surface area contributed by atoms with Crippen molar-refractivity contribution in [1.29, 1.82) is 0 Å². The van der Waals surface area contributed by atoms with Gasteiger partial charge in [0.2, 0.25) is 0 Å². The molecule has 1 N–H and O–H groups in total. The minimum absolute atomic E-state index is 0.0125. The van der Waals surface area contributed by atoms with Crippen LogP contribution in [0.5, 0.6) is 0 Å². The van der Waals surface area contributed by atoms with Crippen molar-refractivity contribution in [3.8, 4) is 0 Å². The third-order valence-electron chi connectivity index (χ3n) is 2.22. The maximum atomic E-state index is 11.8. The zero-order valence-corrected chi connectivity index (χ0v) is 14.6. The predicted molar refractivity (Wildman–Crippen MR) is 86.9 cm³/mol. The first-order valence-electron chi connectivity index (χ1n) is 5.43. The van der Waals surface area contributed by atoms with E-state index in [4.69, 9.17) is 0 Å². The average molecular weight is 475 g/mol. The van der Waals surface area contributed by atoms with Crippen molar-refractivity contribution in [2.75, 3.05) is 11.0 Å². The van der Waals surface area contributed by atoms with Gasteiger partial charge < -0.3 is 5.32 Å². The second-order valence-corrected chi connectivity index (χ2v) is 6.57. The predicted octanol–water partition coefficient (Wildman–Crippen LogP) is 4.55. The van der Waals surface area contributed by atoms with Crippen LogP contribution in [0.2, 0.25) is 0 Å². The lowest BCUT2D eigenvalue weighted by Gasteiger charge is -2.06. The number of halogens is 3. The molecule has 94 valence electrons. The van der Waals surface area contributed by atoms with Crippen molar-refractivity contribution >= 4 is 60.4 Å². The molecule has 2 nitrogen and oxygen atoms in total. The Morgan fingerprint density at radius 1 is 1.12 bits per heavy atom. The SMILES string of the molecule is O=C(NCCCCCI)c1cc(Br)cc(Br)c1. The molecule has 1 aromatic carbocycles. The van der Waals surface area contributed by atoms with Gasteiger partial charge in [0.1, 0.15) is 0 Å². The molecule has 0 aliphatic heterocycles. The Morgan fingerprint density at radius 3 is 2.35 bits per heavy atom. The van der Waals surface area contributed by atoms with Crippen LogP contribution in [-0.2, 0) is 0 Å². The maximum absolute atomic E-state index is 11.8. The summed E-state index contributed by atoms with van der Waals surface area (Å²) < 4.78 is 2.99.